The summed E-state index contributed by atoms with van der Waals surface area (Å²) in [7, 11) is 1.81. The Hall–Kier alpha value is -0.860. The van der Waals surface area contributed by atoms with Gasteiger partial charge in [-0.25, -0.2) is 0 Å². The first-order valence-electron chi connectivity index (χ1n) is 16.9. The van der Waals surface area contributed by atoms with E-state index in [9.17, 15) is 5.11 Å². The number of methoxy groups -OCH3 is 1. The summed E-state index contributed by atoms with van der Waals surface area (Å²) in [4.78, 5) is 0. The Morgan fingerprint density at radius 1 is 0.763 bits per heavy atom. The summed E-state index contributed by atoms with van der Waals surface area (Å²) in [5.41, 5.74) is 3.18. The fourth-order valence-electron chi connectivity index (χ4n) is 8.67. The highest BCUT2D eigenvalue weighted by Crippen LogP contribution is 2.44. The third-order valence-corrected chi connectivity index (χ3v) is 11.3. The Balaban J connectivity index is 1.11. The van der Waals surface area contributed by atoms with Crippen LogP contribution in [0.2, 0.25) is 0 Å². The van der Waals surface area contributed by atoms with Gasteiger partial charge in [0.25, 0.3) is 0 Å². The number of hydrogen-bond donors (Lipinski definition) is 1. The molecule has 4 rings (SSSR count). The van der Waals surface area contributed by atoms with E-state index in [-0.39, 0.29) is 0 Å². The molecule has 2 nitrogen and oxygen atoms in total. The molecule has 0 radical (unpaired) electrons. The Morgan fingerprint density at radius 2 is 1.37 bits per heavy atom. The lowest BCUT2D eigenvalue weighted by Crippen LogP contribution is -2.30. The van der Waals surface area contributed by atoms with Gasteiger partial charge in [0, 0.05) is 20.3 Å². The van der Waals surface area contributed by atoms with E-state index in [1.165, 1.54) is 116 Å². The lowest BCUT2D eigenvalue weighted by molar-refractivity contribution is 0.0640. The number of rotatable bonds is 14. The predicted octanol–water partition coefficient (Wildman–Crippen LogP) is 9.73. The Labute approximate surface area is 235 Å². The minimum Gasteiger partial charge on any atom is -0.396 e. The molecule has 3 aliphatic rings. The quantitative estimate of drug-likeness (QED) is 0.245. The van der Waals surface area contributed by atoms with Gasteiger partial charge in [-0.15, -0.1) is 0 Å². The minimum absolute atomic E-state index is 0.308. The lowest BCUT2D eigenvalue weighted by Gasteiger charge is -2.39. The van der Waals surface area contributed by atoms with Crippen molar-refractivity contribution in [3.8, 4) is 0 Å². The van der Waals surface area contributed by atoms with Gasteiger partial charge in [-0.3, -0.25) is 0 Å². The van der Waals surface area contributed by atoms with Crippen molar-refractivity contribution in [2.75, 3.05) is 20.3 Å². The van der Waals surface area contributed by atoms with E-state index >= 15 is 0 Å². The summed E-state index contributed by atoms with van der Waals surface area (Å²) in [5, 5.41) is 9.44. The van der Waals surface area contributed by atoms with Crippen molar-refractivity contribution in [3.05, 3.63) is 35.4 Å². The lowest BCUT2D eigenvalue weighted by atomic mass is 9.67. The Kier molecular flexibility index (Phi) is 13.0. The summed E-state index contributed by atoms with van der Waals surface area (Å²) in [6.45, 7) is 3.45. The number of hydrogen-bond acceptors (Lipinski definition) is 2. The first-order valence-corrected chi connectivity index (χ1v) is 16.9. The molecule has 0 aromatic heterocycles. The summed E-state index contributed by atoms with van der Waals surface area (Å²) >= 11 is 0. The highest BCUT2D eigenvalue weighted by Gasteiger charge is 2.33. The third-order valence-electron chi connectivity index (χ3n) is 11.3. The molecule has 0 saturated heterocycles. The summed E-state index contributed by atoms with van der Waals surface area (Å²) in [6.07, 6.45) is 26.4. The zero-order valence-corrected chi connectivity index (χ0v) is 25.1. The molecule has 2 heteroatoms. The van der Waals surface area contributed by atoms with Crippen molar-refractivity contribution in [1.29, 1.82) is 0 Å². The monoisotopic (exact) mass is 524 g/mol. The second-order valence-electron chi connectivity index (χ2n) is 13.7. The number of ether oxygens (including phenoxy) is 1. The topological polar surface area (TPSA) is 29.5 Å². The van der Waals surface area contributed by atoms with Gasteiger partial charge >= 0.3 is 0 Å². The minimum atomic E-state index is 0.308. The van der Waals surface area contributed by atoms with Crippen molar-refractivity contribution < 1.29 is 9.84 Å². The summed E-state index contributed by atoms with van der Waals surface area (Å²) in [6, 6.07) is 9.87. The SMILES string of the molecule is CCCCCC1CCC(c2ccc(CCC3CCC(C4CCC(C(CCO)COC)CC4)CC3)cc2)CC1. The molecule has 0 aliphatic heterocycles. The van der Waals surface area contributed by atoms with Crippen LogP contribution in [0.4, 0.5) is 0 Å². The van der Waals surface area contributed by atoms with Gasteiger partial charge in [0.1, 0.15) is 0 Å². The molecule has 1 atom stereocenters. The maximum absolute atomic E-state index is 9.44. The van der Waals surface area contributed by atoms with Crippen molar-refractivity contribution in [2.24, 2.45) is 35.5 Å². The van der Waals surface area contributed by atoms with Gasteiger partial charge < -0.3 is 9.84 Å². The van der Waals surface area contributed by atoms with Gasteiger partial charge in [-0.2, -0.15) is 0 Å². The normalized spacial score (nSPS) is 31.2. The van der Waals surface area contributed by atoms with Crippen molar-refractivity contribution in [3.63, 3.8) is 0 Å². The molecule has 0 amide bonds. The van der Waals surface area contributed by atoms with Crippen LogP contribution in [0.1, 0.15) is 140 Å². The number of aliphatic hydroxyl groups excluding tert-OH is 1. The van der Waals surface area contributed by atoms with Crippen molar-refractivity contribution >= 4 is 0 Å². The summed E-state index contributed by atoms with van der Waals surface area (Å²) in [5.74, 6) is 6.04. The van der Waals surface area contributed by atoms with Crippen LogP contribution in [0.25, 0.3) is 0 Å². The molecule has 1 N–H and O–H groups in total. The van der Waals surface area contributed by atoms with E-state index in [0.29, 0.717) is 12.5 Å². The van der Waals surface area contributed by atoms with Crippen LogP contribution in [-0.2, 0) is 11.2 Å². The van der Waals surface area contributed by atoms with Crippen LogP contribution in [0.5, 0.6) is 0 Å². The van der Waals surface area contributed by atoms with Crippen molar-refractivity contribution in [1.82, 2.24) is 0 Å². The van der Waals surface area contributed by atoms with E-state index in [1.54, 1.807) is 11.1 Å². The summed E-state index contributed by atoms with van der Waals surface area (Å²) < 4.78 is 5.46. The molecule has 216 valence electrons. The van der Waals surface area contributed by atoms with Crippen LogP contribution in [0.3, 0.4) is 0 Å². The molecular weight excluding hydrogens is 464 g/mol. The maximum Gasteiger partial charge on any atom is 0.0493 e. The highest BCUT2D eigenvalue weighted by atomic mass is 16.5. The molecule has 0 bridgehead atoms. The smallest absolute Gasteiger partial charge is 0.0493 e. The van der Waals surface area contributed by atoms with Gasteiger partial charge in [-0.1, -0.05) is 69.7 Å². The van der Waals surface area contributed by atoms with E-state index in [4.69, 9.17) is 4.74 Å². The van der Waals surface area contributed by atoms with Crippen LogP contribution in [-0.4, -0.2) is 25.4 Å². The molecular formula is C36H60O2. The van der Waals surface area contributed by atoms with Crippen LogP contribution < -0.4 is 0 Å². The Morgan fingerprint density at radius 3 is 1.97 bits per heavy atom. The van der Waals surface area contributed by atoms with Gasteiger partial charge in [0.15, 0.2) is 0 Å². The molecule has 0 heterocycles. The molecule has 3 aliphatic carbocycles. The van der Waals surface area contributed by atoms with Gasteiger partial charge in [-0.05, 0) is 136 Å². The molecule has 3 fully saturated rings. The average molecular weight is 525 g/mol. The van der Waals surface area contributed by atoms with E-state index in [0.717, 1.165) is 48.5 Å². The zero-order chi connectivity index (χ0) is 26.6. The number of aryl methyl sites for hydroxylation is 1. The molecule has 1 aromatic carbocycles. The number of benzene rings is 1. The van der Waals surface area contributed by atoms with E-state index in [2.05, 4.69) is 31.2 Å². The zero-order valence-electron chi connectivity index (χ0n) is 25.1. The number of unbranched alkanes of at least 4 members (excludes halogenated alkanes) is 2. The predicted molar refractivity (Wildman–Crippen MR) is 162 cm³/mol. The largest absolute Gasteiger partial charge is 0.396 e. The first kappa shape index (κ1) is 30.1. The van der Waals surface area contributed by atoms with Crippen LogP contribution >= 0.6 is 0 Å². The standard InChI is InChI=1S/C36H60O2/c1-3-4-5-6-28-9-15-31(16-10-28)32-17-11-29(12-18-32)7-8-30-13-19-33(20-14-30)34-21-23-35(24-22-34)36(25-26-37)27-38-2/h11-12,17-18,28,30-31,33-37H,3-10,13-16,19-27H2,1-2H3. The molecule has 1 unspecified atom stereocenters. The highest BCUT2D eigenvalue weighted by molar-refractivity contribution is 5.26. The fourth-order valence-corrected chi connectivity index (χ4v) is 8.67. The van der Waals surface area contributed by atoms with Gasteiger partial charge in [0.05, 0.1) is 0 Å². The number of aliphatic hydroxyl groups is 1. The first-order chi connectivity index (χ1) is 18.7. The van der Waals surface area contributed by atoms with E-state index < -0.39 is 0 Å². The third kappa shape index (κ3) is 9.09. The molecule has 3 saturated carbocycles. The molecule has 0 spiro atoms. The Bertz CT molecular complexity index is 727. The maximum atomic E-state index is 9.44. The van der Waals surface area contributed by atoms with Crippen LogP contribution in [0, 0.1) is 35.5 Å². The second-order valence-corrected chi connectivity index (χ2v) is 13.7. The van der Waals surface area contributed by atoms with Gasteiger partial charge in [0.2, 0.25) is 0 Å². The second kappa shape index (κ2) is 16.4. The van der Waals surface area contributed by atoms with E-state index in [1.807, 2.05) is 7.11 Å². The fraction of sp³-hybridized carbons (Fsp3) is 0.833. The average Bonchev–Trinajstić information content (AvgIpc) is 2.97. The van der Waals surface area contributed by atoms with Crippen molar-refractivity contribution in [2.45, 2.75) is 135 Å². The molecule has 38 heavy (non-hydrogen) atoms. The molecule has 1 aromatic rings. The van der Waals surface area contributed by atoms with Crippen LogP contribution in [0.15, 0.2) is 24.3 Å².